The van der Waals surface area contributed by atoms with Gasteiger partial charge in [0, 0.05) is 5.41 Å². The maximum Gasteiger partial charge on any atom is 0.431 e. The smallest absolute Gasteiger partial charge is 0.431 e. The second-order valence-corrected chi connectivity index (χ2v) is 5.81. The van der Waals surface area contributed by atoms with Gasteiger partial charge in [-0.05, 0) is 20.8 Å². The molecule has 0 aromatic heterocycles. The van der Waals surface area contributed by atoms with E-state index < -0.39 is 29.2 Å². The molecule has 0 aromatic rings. The number of amides is 1. The van der Waals surface area contributed by atoms with Crippen LogP contribution in [-0.4, -0.2) is 28.9 Å². The highest BCUT2D eigenvalue weighted by Crippen LogP contribution is 2.21. The molecule has 0 aliphatic rings. The zero-order valence-corrected chi connectivity index (χ0v) is 11.2. The van der Waals surface area contributed by atoms with Crippen LogP contribution >= 0.6 is 0 Å². The first-order valence-corrected chi connectivity index (χ1v) is 5.31. The highest BCUT2D eigenvalue weighted by atomic mass is 16.7. The third-order valence-corrected chi connectivity index (χ3v) is 1.67. The van der Waals surface area contributed by atoms with Crippen molar-refractivity contribution in [2.75, 3.05) is 0 Å². The van der Waals surface area contributed by atoms with Crippen LogP contribution in [0.15, 0.2) is 0 Å². The van der Waals surface area contributed by atoms with E-state index in [1.54, 1.807) is 41.5 Å². The molecule has 0 heterocycles. The van der Waals surface area contributed by atoms with Crippen LogP contribution in [0.5, 0.6) is 0 Å². The molecule has 0 fully saturated rings. The van der Waals surface area contributed by atoms with Gasteiger partial charge in [-0.1, -0.05) is 20.8 Å². The monoisotopic (exact) mass is 247 g/mol. The van der Waals surface area contributed by atoms with Crippen molar-refractivity contribution in [3.63, 3.8) is 0 Å². The van der Waals surface area contributed by atoms with Gasteiger partial charge in [-0.3, -0.25) is 4.84 Å². The van der Waals surface area contributed by atoms with E-state index in [0.717, 1.165) is 0 Å². The number of carbonyl (C=O) groups is 2. The summed E-state index contributed by atoms with van der Waals surface area (Å²) in [6.45, 7) is 10.2. The minimum atomic E-state index is -1.14. The van der Waals surface area contributed by atoms with E-state index in [0.29, 0.717) is 0 Å². The van der Waals surface area contributed by atoms with E-state index in [1.807, 2.05) is 5.48 Å². The molecule has 0 rings (SSSR count). The number of rotatable bonds is 3. The van der Waals surface area contributed by atoms with Crippen molar-refractivity contribution in [1.82, 2.24) is 5.48 Å². The van der Waals surface area contributed by atoms with Crippen molar-refractivity contribution in [2.45, 2.75) is 53.2 Å². The molecule has 0 aliphatic heterocycles. The molecule has 0 saturated carbocycles. The molecule has 0 spiro atoms. The van der Waals surface area contributed by atoms with Gasteiger partial charge in [-0.2, -0.15) is 5.48 Å². The number of ether oxygens (including phenoxy) is 1. The number of aliphatic carboxylic acids is 1. The van der Waals surface area contributed by atoms with E-state index in [2.05, 4.69) is 0 Å². The SMILES string of the molecule is CC(C)(C)OC(=O)NOC(C(=O)O)C(C)(C)C. The average Bonchev–Trinajstić information content (AvgIpc) is 1.96. The van der Waals surface area contributed by atoms with Crippen molar-refractivity contribution in [1.29, 1.82) is 0 Å². The third-order valence-electron chi connectivity index (χ3n) is 1.67. The molecule has 0 saturated heterocycles. The summed E-state index contributed by atoms with van der Waals surface area (Å²) >= 11 is 0. The first-order valence-electron chi connectivity index (χ1n) is 5.31. The lowest BCUT2D eigenvalue weighted by atomic mass is 9.89. The summed E-state index contributed by atoms with van der Waals surface area (Å²) in [5, 5.41) is 8.94. The summed E-state index contributed by atoms with van der Waals surface area (Å²) in [6.07, 6.45) is -1.96. The van der Waals surface area contributed by atoms with Crippen LogP contribution in [0, 0.1) is 5.41 Å². The zero-order chi connectivity index (χ0) is 13.9. The summed E-state index contributed by atoms with van der Waals surface area (Å²) in [5.74, 6) is -1.14. The fourth-order valence-electron chi connectivity index (χ4n) is 1.00. The van der Waals surface area contributed by atoms with Crippen LogP contribution in [0.1, 0.15) is 41.5 Å². The molecule has 1 unspecified atom stereocenters. The first-order chi connectivity index (χ1) is 7.43. The first kappa shape index (κ1) is 15.7. The Hall–Kier alpha value is -1.30. The lowest BCUT2D eigenvalue weighted by Gasteiger charge is -2.27. The van der Waals surface area contributed by atoms with Crippen LogP contribution < -0.4 is 5.48 Å². The number of carbonyl (C=O) groups excluding carboxylic acids is 1. The number of hydroxylamine groups is 1. The van der Waals surface area contributed by atoms with Gasteiger partial charge >= 0.3 is 12.1 Å². The topological polar surface area (TPSA) is 84.9 Å². The summed E-state index contributed by atoms with van der Waals surface area (Å²) in [7, 11) is 0. The largest absolute Gasteiger partial charge is 0.479 e. The standard InChI is InChI=1S/C11H21NO5/c1-10(2,3)7(8(13)14)17-12-9(15)16-11(4,5)6/h7H,1-6H3,(H,12,15)(H,13,14). The lowest BCUT2D eigenvalue weighted by molar-refractivity contribution is -0.164. The van der Waals surface area contributed by atoms with Gasteiger partial charge in [0.2, 0.25) is 0 Å². The van der Waals surface area contributed by atoms with Gasteiger partial charge in [0.25, 0.3) is 0 Å². The molecular formula is C11H21NO5. The lowest BCUT2D eigenvalue weighted by Crippen LogP contribution is -2.43. The minimum absolute atomic E-state index is 0.638. The molecule has 6 nitrogen and oxygen atoms in total. The molecule has 6 heteroatoms. The Morgan fingerprint density at radius 2 is 1.59 bits per heavy atom. The van der Waals surface area contributed by atoms with Gasteiger partial charge in [-0.25, -0.2) is 9.59 Å². The van der Waals surface area contributed by atoms with E-state index in [1.165, 1.54) is 0 Å². The van der Waals surface area contributed by atoms with Crippen LogP contribution in [0.2, 0.25) is 0 Å². The number of hydrogen-bond acceptors (Lipinski definition) is 4. The summed E-state index contributed by atoms with van der Waals surface area (Å²) < 4.78 is 4.91. The summed E-state index contributed by atoms with van der Waals surface area (Å²) in [5.41, 5.74) is 0.688. The Balaban J connectivity index is 4.34. The predicted octanol–water partition coefficient (Wildman–Crippen LogP) is 1.94. The minimum Gasteiger partial charge on any atom is -0.479 e. The van der Waals surface area contributed by atoms with Gasteiger partial charge in [0.1, 0.15) is 5.60 Å². The fourth-order valence-corrected chi connectivity index (χ4v) is 1.00. The Morgan fingerprint density at radius 1 is 1.12 bits per heavy atom. The fraction of sp³-hybridized carbons (Fsp3) is 0.818. The molecule has 100 valence electrons. The van der Waals surface area contributed by atoms with E-state index in [-0.39, 0.29) is 0 Å². The van der Waals surface area contributed by atoms with Crippen molar-refractivity contribution in [2.24, 2.45) is 5.41 Å². The van der Waals surface area contributed by atoms with Crippen molar-refractivity contribution in [3.05, 3.63) is 0 Å². The van der Waals surface area contributed by atoms with Crippen LogP contribution in [-0.2, 0) is 14.4 Å². The number of nitrogens with one attached hydrogen (secondary N) is 1. The average molecular weight is 247 g/mol. The van der Waals surface area contributed by atoms with E-state index >= 15 is 0 Å². The van der Waals surface area contributed by atoms with Gasteiger partial charge in [-0.15, -0.1) is 0 Å². The summed E-state index contributed by atoms with van der Waals surface area (Å²) in [4.78, 5) is 27.0. The highest BCUT2D eigenvalue weighted by Gasteiger charge is 2.33. The molecule has 0 radical (unpaired) electrons. The molecule has 17 heavy (non-hydrogen) atoms. The predicted molar refractivity (Wildman–Crippen MR) is 61.3 cm³/mol. The molecule has 0 aromatic carbocycles. The molecule has 0 aliphatic carbocycles. The highest BCUT2D eigenvalue weighted by molar-refractivity contribution is 5.74. The van der Waals surface area contributed by atoms with Gasteiger partial charge in [0.15, 0.2) is 6.10 Å². The number of carboxylic acids is 1. The maximum atomic E-state index is 11.3. The van der Waals surface area contributed by atoms with Crippen LogP contribution in [0.25, 0.3) is 0 Å². The third kappa shape index (κ3) is 6.78. The molecule has 0 bridgehead atoms. The molecule has 1 amide bonds. The maximum absolute atomic E-state index is 11.3. The number of carboxylic acid groups (broad SMARTS) is 1. The molecular weight excluding hydrogens is 226 g/mol. The van der Waals surface area contributed by atoms with E-state index in [4.69, 9.17) is 14.7 Å². The summed E-state index contributed by atoms with van der Waals surface area (Å²) in [6, 6.07) is 0. The second kappa shape index (κ2) is 5.35. The number of hydrogen-bond donors (Lipinski definition) is 2. The quantitative estimate of drug-likeness (QED) is 0.744. The van der Waals surface area contributed by atoms with Gasteiger partial charge in [0.05, 0.1) is 0 Å². The Kier molecular flexibility index (Phi) is 4.94. The molecule has 2 N–H and O–H groups in total. The van der Waals surface area contributed by atoms with Crippen LogP contribution in [0.3, 0.4) is 0 Å². The zero-order valence-electron chi connectivity index (χ0n) is 11.2. The van der Waals surface area contributed by atoms with Crippen molar-refractivity contribution in [3.8, 4) is 0 Å². The van der Waals surface area contributed by atoms with E-state index in [9.17, 15) is 9.59 Å². The molecule has 1 atom stereocenters. The Morgan fingerprint density at radius 3 is 1.88 bits per heavy atom. The van der Waals surface area contributed by atoms with Crippen molar-refractivity contribution < 1.29 is 24.3 Å². The Labute approximate surface area is 101 Å². The second-order valence-electron chi connectivity index (χ2n) is 5.81. The normalized spacial score (nSPS) is 14.0. The van der Waals surface area contributed by atoms with Crippen LogP contribution in [0.4, 0.5) is 4.79 Å². The Bertz CT molecular complexity index is 287. The van der Waals surface area contributed by atoms with Gasteiger partial charge < -0.3 is 9.84 Å². The van der Waals surface area contributed by atoms with Crippen molar-refractivity contribution >= 4 is 12.1 Å².